The maximum absolute atomic E-state index is 14.5. The van der Waals surface area contributed by atoms with E-state index in [1.807, 2.05) is 6.07 Å². The van der Waals surface area contributed by atoms with Crippen molar-refractivity contribution in [3.63, 3.8) is 0 Å². The third-order valence-electron chi connectivity index (χ3n) is 3.60. The Morgan fingerprint density at radius 1 is 1.21 bits per heavy atom. The van der Waals surface area contributed by atoms with E-state index in [9.17, 15) is 4.39 Å². The van der Waals surface area contributed by atoms with Gasteiger partial charge in [0, 0.05) is 5.56 Å². The number of rotatable bonds is 2. The van der Waals surface area contributed by atoms with Crippen molar-refractivity contribution in [1.29, 1.82) is 0 Å². The van der Waals surface area contributed by atoms with E-state index in [0.29, 0.717) is 26.6 Å². The molecule has 0 aliphatic heterocycles. The molecule has 0 atom stereocenters. The maximum Gasteiger partial charge on any atom is 0.146 e. The van der Waals surface area contributed by atoms with Crippen LogP contribution in [0.5, 0.6) is 0 Å². The van der Waals surface area contributed by atoms with Crippen molar-refractivity contribution in [3.8, 4) is 11.3 Å². The van der Waals surface area contributed by atoms with Crippen LogP contribution in [0.15, 0.2) is 24.5 Å². The van der Waals surface area contributed by atoms with E-state index in [-0.39, 0.29) is 5.82 Å². The first-order valence-corrected chi connectivity index (χ1v) is 7.30. The molecular formula is C14H13FIN3. The fraction of sp³-hybridized carbons (Fsp3) is 0.286. The Balaban J connectivity index is 2.03. The molecule has 0 bridgehead atoms. The van der Waals surface area contributed by atoms with E-state index in [2.05, 4.69) is 32.6 Å². The van der Waals surface area contributed by atoms with Crippen LogP contribution in [0.2, 0.25) is 0 Å². The Bertz CT molecular complexity index is 609. The van der Waals surface area contributed by atoms with Gasteiger partial charge in [0.05, 0.1) is 21.7 Å². The van der Waals surface area contributed by atoms with E-state index in [4.69, 9.17) is 5.73 Å². The van der Waals surface area contributed by atoms with Gasteiger partial charge in [0.25, 0.3) is 0 Å². The molecule has 19 heavy (non-hydrogen) atoms. The molecule has 1 heterocycles. The second kappa shape index (κ2) is 5.03. The highest BCUT2D eigenvalue weighted by molar-refractivity contribution is 14.1. The van der Waals surface area contributed by atoms with Crippen molar-refractivity contribution in [1.82, 2.24) is 9.97 Å². The molecular weight excluding hydrogens is 356 g/mol. The van der Waals surface area contributed by atoms with Crippen LogP contribution in [0.4, 0.5) is 10.2 Å². The topological polar surface area (TPSA) is 51.8 Å². The molecule has 1 aromatic carbocycles. The van der Waals surface area contributed by atoms with Gasteiger partial charge in [0.2, 0.25) is 0 Å². The average Bonchev–Trinajstić information content (AvgIpc) is 2.35. The Hall–Kier alpha value is -1.24. The van der Waals surface area contributed by atoms with Crippen molar-refractivity contribution in [3.05, 3.63) is 39.5 Å². The summed E-state index contributed by atoms with van der Waals surface area (Å²) >= 11 is 2.09. The molecule has 0 saturated heterocycles. The predicted molar refractivity (Wildman–Crippen MR) is 81.1 cm³/mol. The van der Waals surface area contributed by atoms with Crippen LogP contribution in [-0.2, 0) is 0 Å². The molecule has 1 aliphatic carbocycles. The Kier molecular flexibility index (Phi) is 3.38. The number of halogens is 2. The van der Waals surface area contributed by atoms with Crippen LogP contribution in [-0.4, -0.2) is 9.97 Å². The average molecular weight is 369 g/mol. The third-order valence-corrected chi connectivity index (χ3v) is 4.70. The van der Waals surface area contributed by atoms with E-state index >= 15 is 0 Å². The van der Waals surface area contributed by atoms with E-state index in [0.717, 1.165) is 18.4 Å². The maximum atomic E-state index is 14.5. The van der Waals surface area contributed by atoms with Crippen molar-refractivity contribution in [2.24, 2.45) is 0 Å². The number of nitrogen functional groups attached to an aromatic ring is 1. The van der Waals surface area contributed by atoms with Crippen LogP contribution in [0.3, 0.4) is 0 Å². The first-order chi connectivity index (χ1) is 9.16. The summed E-state index contributed by atoms with van der Waals surface area (Å²) in [6.45, 7) is 0. The molecule has 3 rings (SSSR count). The third kappa shape index (κ3) is 2.31. The number of nitrogens with two attached hydrogens (primary N) is 1. The number of anilines is 1. The van der Waals surface area contributed by atoms with Gasteiger partial charge in [-0.05, 0) is 53.0 Å². The second-order valence-corrected chi connectivity index (χ2v) is 5.86. The zero-order valence-electron chi connectivity index (χ0n) is 10.2. The smallest absolute Gasteiger partial charge is 0.146 e. The molecule has 0 radical (unpaired) electrons. The van der Waals surface area contributed by atoms with Gasteiger partial charge in [-0.25, -0.2) is 9.37 Å². The molecule has 0 amide bonds. The Morgan fingerprint density at radius 3 is 2.58 bits per heavy atom. The minimum absolute atomic E-state index is 0.205. The fourth-order valence-electron chi connectivity index (χ4n) is 2.27. The number of hydrogen-bond acceptors (Lipinski definition) is 3. The number of aromatic nitrogens is 2. The van der Waals surface area contributed by atoms with Gasteiger partial charge in [-0.3, -0.25) is 4.98 Å². The lowest BCUT2D eigenvalue weighted by atomic mass is 9.80. The highest BCUT2D eigenvalue weighted by Crippen LogP contribution is 2.40. The first-order valence-electron chi connectivity index (χ1n) is 6.22. The van der Waals surface area contributed by atoms with E-state index < -0.39 is 0 Å². The van der Waals surface area contributed by atoms with Crippen molar-refractivity contribution < 1.29 is 4.39 Å². The largest absolute Gasteiger partial charge is 0.382 e. The van der Waals surface area contributed by atoms with Crippen LogP contribution < -0.4 is 5.73 Å². The number of hydrogen-bond donors (Lipinski definition) is 1. The van der Waals surface area contributed by atoms with Crippen molar-refractivity contribution >= 4 is 28.4 Å². The summed E-state index contributed by atoms with van der Waals surface area (Å²) in [6.07, 6.45) is 6.52. The molecule has 1 fully saturated rings. The molecule has 98 valence electrons. The summed E-state index contributed by atoms with van der Waals surface area (Å²) in [5.41, 5.74) is 7.62. The fourth-order valence-corrected chi connectivity index (χ4v) is 3.18. The molecule has 2 N–H and O–H groups in total. The van der Waals surface area contributed by atoms with Gasteiger partial charge < -0.3 is 5.73 Å². The number of benzene rings is 1. The minimum atomic E-state index is -0.205. The minimum Gasteiger partial charge on any atom is -0.382 e. The standard InChI is InChI=1S/C14H13FIN3/c15-13-10(11-6-19-12(17)7-18-11)5-4-9(14(13)16)8-2-1-3-8/h4-8H,1-3H2,(H2,17,19). The normalized spacial score (nSPS) is 15.3. The van der Waals surface area contributed by atoms with Gasteiger partial charge in [0.1, 0.15) is 11.6 Å². The summed E-state index contributed by atoms with van der Waals surface area (Å²) in [6, 6.07) is 3.81. The lowest BCUT2D eigenvalue weighted by molar-refractivity contribution is 0.416. The van der Waals surface area contributed by atoms with Gasteiger partial charge in [0.15, 0.2) is 0 Å². The Morgan fingerprint density at radius 2 is 2.00 bits per heavy atom. The summed E-state index contributed by atoms with van der Waals surface area (Å²) in [4.78, 5) is 8.09. The van der Waals surface area contributed by atoms with Crippen LogP contribution in [0.1, 0.15) is 30.7 Å². The van der Waals surface area contributed by atoms with Gasteiger partial charge in [-0.15, -0.1) is 0 Å². The van der Waals surface area contributed by atoms with Crippen molar-refractivity contribution in [2.45, 2.75) is 25.2 Å². The zero-order valence-corrected chi connectivity index (χ0v) is 12.4. The predicted octanol–water partition coefficient (Wildman–Crippen LogP) is 3.74. The molecule has 1 saturated carbocycles. The molecule has 0 unspecified atom stereocenters. The monoisotopic (exact) mass is 369 g/mol. The highest BCUT2D eigenvalue weighted by atomic mass is 127. The van der Waals surface area contributed by atoms with Gasteiger partial charge in [-0.2, -0.15) is 0 Å². The van der Waals surface area contributed by atoms with Crippen molar-refractivity contribution in [2.75, 3.05) is 5.73 Å². The summed E-state index contributed by atoms with van der Waals surface area (Å²) in [5, 5.41) is 0. The first kappa shape index (κ1) is 12.8. The second-order valence-electron chi connectivity index (χ2n) is 4.78. The van der Waals surface area contributed by atoms with E-state index in [1.54, 1.807) is 6.07 Å². The SMILES string of the molecule is Nc1cnc(-c2ccc(C3CCC3)c(I)c2F)cn1. The lowest BCUT2D eigenvalue weighted by Gasteiger charge is -2.27. The van der Waals surface area contributed by atoms with E-state index in [1.165, 1.54) is 18.8 Å². The quantitative estimate of drug-likeness (QED) is 0.821. The van der Waals surface area contributed by atoms with Crippen LogP contribution in [0.25, 0.3) is 11.3 Å². The summed E-state index contributed by atoms with van der Waals surface area (Å²) in [7, 11) is 0. The molecule has 2 aromatic rings. The number of nitrogens with zero attached hydrogens (tertiary/aromatic N) is 2. The molecule has 3 nitrogen and oxygen atoms in total. The highest BCUT2D eigenvalue weighted by Gasteiger charge is 2.24. The lowest BCUT2D eigenvalue weighted by Crippen LogP contribution is -2.11. The molecule has 1 aromatic heterocycles. The molecule has 5 heteroatoms. The Labute approximate surface area is 124 Å². The van der Waals surface area contributed by atoms with Gasteiger partial charge >= 0.3 is 0 Å². The molecule has 0 spiro atoms. The van der Waals surface area contributed by atoms with Crippen LogP contribution >= 0.6 is 22.6 Å². The van der Waals surface area contributed by atoms with Crippen LogP contribution in [0, 0.1) is 9.39 Å². The molecule has 1 aliphatic rings. The zero-order chi connectivity index (χ0) is 13.4. The summed E-state index contributed by atoms with van der Waals surface area (Å²) in [5.74, 6) is 0.655. The summed E-state index contributed by atoms with van der Waals surface area (Å²) < 4.78 is 15.2. The van der Waals surface area contributed by atoms with Gasteiger partial charge in [-0.1, -0.05) is 12.5 Å².